The van der Waals surface area contributed by atoms with E-state index in [1.807, 2.05) is 99.6 Å². The molecule has 19 aromatic rings. The molecule has 31 heteroatoms. The lowest BCUT2D eigenvalue weighted by molar-refractivity contribution is 0.0852. The van der Waals surface area contributed by atoms with Gasteiger partial charge in [0.25, 0.3) is 29.5 Å². The highest BCUT2D eigenvalue weighted by Crippen LogP contribution is 2.34. The molecule has 0 spiro atoms. The average Bonchev–Trinajstić information content (AvgIpc) is 1.66. The number of aliphatic hydroxyl groups is 1. The molecule has 12 heterocycles. The zero-order valence-corrected chi connectivity index (χ0v) is 71.6. The van der Waals surface area contributed by atoms with Crippen molar-refractivity contribution in [1.82, 2.24) is 102 Å². The summed E-state index contributed by atoms with van der Waals surface area (Å²) in [5.41, 5.74) is 15.8. The van der Waals surface area contributed by atoms with E-state index in [0.29, 0.717) is 104 Å². The molecule has 1 aliphatic carbocycles. The Morgan fingerprint density at radius 1 is 0.435 bits per heavy atom. The molecule has 3 atom stereocenters. The number of nitrogens with one attached hydrogen (secondary N) is 10. The number of hydrogen-bond donors (Lipinski definition) is 11. The van der Waals surface area contributed by atoms with Gasteiger partial charge in [-0.15, -0.1) is 0 Å². The lowest BCUT2D eigenvalue weighted by atomic mass is 10.0. The van der Waals surface area contributed by atoms with Crippen LogP contribution in [0.3, 0.4) is 0 Å². The number of methoxy groups -OCH3 is 1. The van der Waals surface area contributed by atoms with E-state index < -0.39 is 0 Å². The number of pyridine rings is 5. The number of hydrogen-bond acceptors (Lipinski definition) is 19. The van der Waals surface area contributed by atoms with Gasteiger partial charge in [-0.3, -0.25) is 49.5 Å². The molecule has 0 bridgehead atoms. The van der Waals surface area contributed by atoms with Gasteiger partial charge < -0.3 is 45.6 Å². The van der Waals surface area contributed by atoms with Gasteiger partial charge in [0.05, 0.1) is 71.8 Å². The van der Waals surface area contributed by atoms with Gasteiger partial charge in [0.2, 0.25) is 0 Å². The molecular weight excluding hydrogens is 1660 g/mol. The summed E-state index contributed by atoms with van der Waals surface area (Å²) < 4.78 is 42.9. The maximum Gasteiger partial charge on any atom is 0.270 e. The minimum Gasteiger partial charge on any atom is -0.467 e. The Bertz CT molecular complexity index is 7360. The molecule has 2 aliphatic rings. The Balaban J connectivity index is 0.000000115. The second kappa shape index (κ2) is 39.9. The highest BCUT2D eigenvalue weighted by atomic mass is 19.1. The van der Waals surface area contributed by atoms with Crippen LogP contribution in [0.5, 0.6) is 0 Å². The van der Waals surface area contributed by atoms with Crippen LogP contribution < -0.4 is 26.6 Å². The number of benzene rings is 8. The fourth-order valence-corrected chi connectivity index (χ4v) is 15.1. The highest BCUT2D eigenvalue weighted by Gasteiger charge is 2.27. The lowest BCUT2D eigenvalue weighted by Gasteiger charge is -2.19. The summed E-state index contributed by atoms with van der Waals surface area (Å²) in [4.78, 5) is 84.6. The third-order valence-corrected chi connectivity index (χ3v) is 22.4. The van der Waals surface area contributed by atoms with Gasteiger partial charge in [-0.2, -0.15) is 25.5 Å². The molecule has 5 amide bonds. The van der Waals surface area contributed by atoms with Gasteiger partial charge in [-0.05, 0) is 186 Å². The predicted octanol–water partition coefficient (Wildman–Crippen LogP) is 17.1. The monoisotopic (exact) mass is 1750 g/mol. The smallest absolute Gasteiger partial charge is 0.270 e. The Morgan fingerprint density at radius 3 is 1.18 bits per heavy atom. The lowest BCUT2D eigenvalue weighted by Crippen LogP contribution is -2.41. The van der Waals surface area contributed by atoms with Crippen molar-refractivity contribution in [3.8, 4) is 56.3 Å². The zero-order valence-electron chi connectivity index (χ0n) is 71.6. The number of amides is 5. The summed E-state index contributed by atoms with van der Waals surface area (Å²) in [6, 6.07) is 76.1. The molecule has 1 saturated heterocycles. The fourth-order valence-electron chi connectivity index (χ4n) is 15.1. The number of aromatic nitrogens is 15. The van der Waals surface area contributed by atoms with Crippen molar-refractivity contribution in [2.75, 3.05) is 33.5 Å². The number of nitrogens with zero attached hydrogens (tertiary/aromatic N) is 10. The van der Waals surface area contributed by atoms with Crippen LogP contribution in [0.15, 0.2) is 259 Å². The van der Waals surface area contributed by atoms with Gasteiger partial charge in [-0.1, -0.05) is 154 Å². The van der Waals surface area contributed by atoms with E-state index in [9.17, 15) is 37.9 Å². The molecule has 2 fully saturated rings. The summed E-state index contributed by atoms with van der Waals surface area (Å²) in [6.07, 6.45) is 6.59. The van der Waals surface area contributed by atoms with Gasteiger partial charge in [0.15, 0.2) is 0 Å². The van der Waals surface area contributed by atoms with Crippen LogP contribution in [0, 0.1) is 17.6 Å². The van der Waals surface area contributed by atoms with Crippen LogP contribution in [0.1, 0.15) is 111 Å². The molecule has 0 radical (unpaired) electrons. The molecule has 21 rings (SSSR count). The second-order valence-electron chi connectivity index (χ2n) is 31.9. The van der Waals surface area contributed by atoms with Crippen molar-refractivity contribution in [1.29, 1.82) is 0 Å². The minimum absolute atomic E-state index is 0.0814. The van der Waals surface area contributed by atoms with E-state index in [4.69, 9.17) is 13.9 Å². The molecule has 131 heavy (non-hydrogen) atoms. The number of aromatic amines is 5. The molecule has 11 N–H and O–H groups in total. The molecule has 3 unspecified atom stereocenters. The first kappa shape index (κ1) is 87.1. The molecule has 29 nitrogen and oxygen atoms in total. The molecule has 658 valence electrons. The number of furan rings is 1. The van der Waals surface area contributed by atoms with Crippen molar-refractivity contribution < 1.29 is 51.8 Å². The van der Waals surface area contributed by atoms with Crippen molar-refractivity contribution >= 4 is 117 Å². The van der Waals surface area contributed by atoms with E-state index in [-0.39, 0.29) is 83.3 Å². The SMILES string of the molecule is CC(C)C(CO)NC(=O)c1ccc2[nH]nc(-c3cccc(F)c3)c2n1.CCC(COC)NC(=O)c1ccc2[nH]nc(-c3cccc(F)c3)c2n1.O=C(NC1CC1)c1ccc2[nH]nc(-c3ccc4ccccc4c3)c2n1.O=C(NCC1CCCO1)c1ccc2[nH]nc(-c3ccc4ccccc4c3)c2n1.O=C(NCc1ccco1)c1ccc2[nH]nc(-c3ccc4ccccc4c3)c2n1. The first-order chi connectivity index (χ1) is 63.9. The maximum atomic E-state index is 13.5. The van der Waals surface area contributed by atoms with Crippen molar-refractivity contribution in [3.05, 3.63) is 301 Å². The number of fused-ring (bicyclic) bond motifs is 8. The molecule has 11 aromatic heterocycles. The topological polar surface area (TPSA) is 405 Å². The number of carbonyl (C=O) groups excluding carboxylic acids is 5. The predicted molar refractivity (Wildman–Crippen MR) is 497 cm³/mol. The van der Waals surface area contributed by atoms with Crippen molar-refractivity contribution in [2.24, 2.45) is 5.92 Å². The van der Waals surface area contributed by atoms with Crippen LogP contribution in [0.4, 0.5) is 8.78 Å². The van der Waals surface area contributed by atoms with E-state index in [1.165, 1.54) is 35.0 Å². The quantitative estimate of drug-likeness (QED) is 0.0300. The summed E-state index contributed by atoms with van der Waals surface area (Å²) >= 11 is 0. The molecule has 1 aliphatic heterocycles. The Labute approximate surface area is 747 Å². The third-order valence-electron chi connectivity index (χ3n) is 22.4. The maximum absolute atomic E-state index is 13.5. The van der Waals surface area contributed by atoms with E-state index >= 15 is 0 Å². The Hall–Kier alpha value is -16.0. The Morgan fingerprint density at radius 2 is 0.824 bits per heavy atom. The third kappa shape index (κ3) is 20.5. The molecular formula is C100H90F2N20O9. The number of rotatable bonds is 22. The average molecular weight is 1750 g/mol. The van der Waals surface area contributed by atoms with Gasteiger partial charge >= 0.3 is 0 Å². The van der Waals surface area contributed by atoms with Gasteiger partial charge in [0, 0.05) is 54.1 Å². The van der Waals surface area contributed by atoms with Crippen LogP contribution in [0.25, 0.3) is 144 Å². The highest BCUT2D eigenvalue weighted by molar-refractivity contribution is 6.03. The number of H-pyrrole nitrogens is 5. The molecule has 1 saturated carbocycles. The van der Waals surface area contributed by atoms with Crippen LogP contribution in [-0.4, -0.2) is 168 Å². The normalized spacial score (nSPS) is 13.4. The second-order valence-corrected chi connectivity index (χ2v) is 31.9. The van der Waals surface area contributed by atoms with Crippen LogP contribution in [0.2, 0.25) is 0 Å². The van der Waals surface area contributed by atoms with Gasteiger partial charge in [-0.25, -0.2) is 33.7 Å². The van der Waals surface area contributed by atoms with E-state index in [2.05, 4.69) is 175 Å². The Kier molecular flexibility index (Phi) is 26.5. The fraction of sp³-hybridized carbons (Fsp3) is 0.190. The minimum atomic E-state index is -0.374. The van der Waals surface area contributed by atoms with E-state index in [0.717, 1.165) is 116 Å². The standard InChI is InChI=1S/C22H20N4O2.C22H16N4O2.C20H16N4O.2C18H19FN4O2/c2*27-22(23-13-17-6-3-11-28-17)19-10-9-18-21(24-19)20(26-25-18)16-8-7-14-4-1-2-5-15(14)12-16;25-20(21-15-7-8-15)17-10-9-16-19(22-17)18(24-23-16)14-6-5-12-3-1-2-4-13(12)11-14;1-10(2)15(9-24)21-18(25)14-7-6-13-17(20-14)16(23-22-13)11-4-3-5-12(19)8-11;1-3-13(10-25-2)20-18(24)15-8-7-14-17(21-15)16(23-22-14)11-5-4-6-12(19)9-11/h1-2,4-5,7-10,12,17H,3,6,11,13H2,(H,23,27)(H,25,26);1-12H,13H2,(H,23,27)(H,25,26);1-6,9-11,15H,7-8H2,(H,21,25)(H,23,24);3-8,10,15,24H,9H2,1-2H3,(H,21,25)(H,22,23);4-9,13H,3,10H2,1-2H3,(H,20,24)(H,22,23). The largest absolute Gasteiger partial charge is 0.467 e. The number of carbonyl (C=O) groups is 5. The van der Waals surface area contributed by atoms with Gasteiger partial charge in [0.1, 0.15) is 102 Å². The number of ether oxygens (including phenoxy) is 2. The summed E-state index contributed by atoms with van der Waals surface area (Å²) in [5, 5.41) is 67.1. The molecule has 8 aromatic carbocycles. The first-order valence-electron chi connectivity index (χ1n) is 42.9. The van der Waals surface area contributed by atoms with Crippen LogP contribution in [-0.2, 0) is 16.0 Å². The van der Waals surface area contributed by atoms with E-state index in [1.54, 1.807) is 86.2 Å². The first-order valence-corrected chi connectivity index (χ1v) is 42.9. The number of aliphatic hydroxyl groups excluding tert-OH is 1. The zero-order chi connectivity index (χ0) is 90.4. The summed E-state index contributed by atoms with van der Waals surface area (Å²) in [5.74, 6) is -1.16. The van der Waals surface area contributed by atoms with Crippen molar-refractivity contribution in [2.45, 2.75) is 83.6 Å². The van der Waals surface area contributed by atoms with Crippen molar-refractivity contribution in [3.63, 3.8) is 0 Å². The summed E-state index contributed by atoms with van der Waals surface area (Å²) in [6.45, 7) is 7.69. The number of halogens is 2. The summed E-state index contributed by atoms with van der Waals surface area (Å²) in [7, 11) is 1.59. The van der Waals surface area contributed by atoms with Crippen LogP contribution >= 0.6 is 0 Å².